The smallest absolute Gasteiger partial charge is 0.0481 e. The van der Waals surface area contributed by atoms with Crippen LogP contribution in [0.5, 0.6) is 0 Å². The molecule has 1 aromatic heterocycles. The molecule has 2 aromatic rings. The molecule has 0 atom stereocenters. The molecule has 2 heterocycles. The van der Waals surface area contributed by atoms with E-state index in [0.717, 1.165) is 6.54 Å². The van der Waals surface area contributed by atoms with Gasteiger partial charge in [0.05, 0.1) is 0 Å². The Morgan fingerprint density at radius 3 is 2.53 bits per heavy atom. The van der Waals surface area contributed by atoms with Crippen LogP contribution in [0.3, 0.4) is 0 Å². The molecule has 1 saturated heterocycles. The highest BCUT2D eigenvalue weighted by molar-refractivity contribution is 5.84. The molecule has 0 N–H and O–H groups in total. The number of benzene rings is 1. The van der Waals surface area contributed by atoms with Gasteiger partial charge in [-0.25, -0.2) is 0 Å². The third-order valence-corrected chi connectivity index (χ3v) is 4.22. The molecule has 0 aliphatic carbocycles. The summed E-state index contributed by atoms with van der Waals surface area (Å²) in [6, 6.07) is 6.75. The quantitative estimate of drug-likeness (QED) is 0.817. The van der Waals surface area contributed by atoms with Gasteiger partial charge in [-0.1, -0.05) is 11.6 Å². The Labute approximate surface area is 115 Å². The Balaban J connectivity index is 1.86. The topological polar surface area (TPSA) is 11.4 Å². The van der Waals surface area contributed by atoms with Crippen molar-refractivity contribution in [2.75, 3.05) is 33.2 Å². The molecule has 3 rings (SSSR count). The predicted octanol–water partition coefficient (Wildman–Crippen LogP) is 2.23. The van der Waals surface area contributed by atoms with Crippen molar-refractivity contribution < 1.29 is 0 Å². The fraction of sp³-hybridized carbons (Fsp3) is 0.500. The average Bonchev–Trinajstić information content (AvgIpc) is 2.69. The predicted molar refractivity (Wildman–Crippen MR) is 80.4 cm³/mol. The molecule has 1 aromatic carbocycles. The number of hydrogen-bond acceptors (Lipinski definition) is 2. The number of aromatic nitrogens is 1. The second-order valence-electron chi connectivity index (χ2n) is 5.87. The first-order chi connectivity index (χ1) is 9.13. The van der Waals surface area contributed by atoms with E-state index in [1.54, 1.807) is 0 Å². The first kappa shape index (κ1) is 12.7. The highest BCUT2D eigenvalue weighted by Crippen LogP contribution is 2.23. The average molecular weight is 257 g/mol. The summed E-state index contributed by atoms with van der Waals surface area (Å²) in [5.74, 6) is 0. The summed E-state index contributed by atoms with van der Waals surface area (Å²) < 4.78 is 2.25. The van der Waals surface area contributed by atoms with Crippen LogP contribution in [0.4, 0.5) is 0 Å². The van der Waals surface area contributed by atoms with E-state index in [-0.39, 0.29) is 0 Å². The fourth-order valence-corrected chi connectivity index (χ4v) is 2.96. The standard InChI is InChI=1S/C16H23N3/c1-13-4-5-16-15(10-13)14(11-18(16)3)12-19-8-6-17(2)7-9-19/h4-5,10-11H,6-9,12H2,1-3H3. The van der Waals surface area contributed by atoms with Crippen molar-refractivity contribution >= 4 is 10.9 Å². The molecule has 0 amide bonds. The van der Waals surface area contributed by atoms with Crippen LogP contribution in [0.2, 0.25) is 0 Å². The first-order valence-corrected chi connectivity index (χ1v) is 7.09. The van der Waals surface area contributed by atoms with Crippen LogP contribution in [0.25, 0.3) is 10.9 Å². The molecule has 0 unspecified atom stereocenters. The normalized spacial score (nSPS) is 18.3. The van der Waals surface area contributed by atoms with Crippen molar-refractivity contribution in [2.45, 2.75) is 13.5 Å². The third-order valence-electron chi connectivity index (χ3n) is 4.22. The Hall–Kier alpha value is -1.32. The van der Waals surface area contributed by atoms with E-state index >= 15 is 0 Å². The zero-order valence-corrected chi connectivity index (χ0v) is 12.2. The Kier molecular flexibility index (Phi) is 3.33. The van der Waals surface area contributed by atoms with E-state index in [9.17, 15) is 0 Å². The molecule has 102 valence electrons. The number of nitrogens with zero attached hydrogens (tertiary/aromatic N) is 3. The van der Waals surface area contributed by atoms with E-state index in [1.165, 1.54) is 48.2 Å². The minimum absolute atomic E-state index is 1.08. The fourth-order valence-electron chi connectivity index (χ4n) is 2.96. The molecule has 3 heteroatoms. The summed E-state index contributed by atoms with van der Waals surface area (Å²) >= 11 is 0. The third kappa shape index (κ3) is 2.53. The highest BCUT2D eigenvalue weighted by atomic mass is 15.2. The number of aryl methyl sites for hydroxylation is 2. The summed E-state index contributed by atoms with van der Waals surface area (Å²) in [5, 5.41) is 1.42. The van der Waals surface area contributed by atoms with Crippen molar-refractivity contribution in [1.29, 1.82) is 0 Å². The van der Waals surface area contributed by atoms with Crippen LogP contribution in [-0.2, 0) is 13.6 Å². The Bertz CT molecular complexity index is 577. The molecule has 1 fully saturated rings. The van der Waals surface area contributed by atoms with Crippen LogP contribution in [-0.4, -0.2) is 47.6 Å². The first-order valence-electron chi connectivity index (χ1n) is 7.09. The summed E-state index contributed by atoms with van der Waals surface area (Å²) in [7, 11) is 4.35. The van der Waals surface area contributed by atoms with Gasteiger partial charge in [-0.15, -0.1) is 0 Å². The molecule has 1 aliphatic heterocycles. The lowest BCUT2D eigenvalue weighted by Gasteiger charge is -2.32. The van der Waals surface area contributed by atoms with Gasteiger partial charge in [0, 0.05) is 56.9 Å². The maximum absolute atomic E-state index is 2.57. The van der Waals surface area contributed by atoms with Crippen LogP contribution >= 0.6 is 0 Å². The number of fused-ring (bicyclic) bond motifs is 1. The zero-order chi connectivity index (χ0) is 13.4. The molecule has 19 heavy (non-hydrogen) atoms. The molecule has 0 bridgehead atoms. The Morgan fingerprint density at radius 1 is 1.05 bits per heavy atom. The molecular weight excluding hydrogens is 234 g/mol. The van der Waals surface area contributed by atoms with Gasteiger partial charge in [0.2, 0.25) is 0 Å². The van der Waals surface area contributed by atoms with E-state index < -0.39 is 0 Å². The molecule has 3 nitrogen and oxygen atoms in total. The van der Waals surface area contributed by atoms with Crippen LogP contribution in [0, 0.1) is 6.92 Å². The van der Waals surface area contributed by atoms with E-state index in [1.807, 2.05) is 0 Å². The molecular formula is C16H23N3. The maximum atomic E-state index is 2.57. The molecule has 0 spiro atoms. The Morgan fingerprint density at radius 2 is 1.79 bits per heavy atom. The van der Waals surface area contributed by atoms with Crippen molar-refractivity contribution in [2.24, 2.45) is 7.05 Å². The van der Waals surface area contributed by atoms with Crippen molar-refractivity contribution in [3.8, 4) is 0 Å². The van der Waals surface area contributed by atoms with Gasteiger partial charge in [-0.05, 0) is 31.7 Å². The monoisotopic (exact) mass is 257 g/mol. The summed E-state index contributed by atoms with van der Waals surface area (Å²) in [4.78, 5) is 4.97. The zero-order valence-electron chi connectivity index (χ0n) is 12.2. The lowest BCUT2D eigenvalue weighted by molar-refractivity contribution is 0.148. The molecule has 0 radical (unpaired) electrons. The summed E-state index contributed by atoms with van der Waals surface area (Å²) in [6.07, 6.45) is 2.29. The van der Waals surface area contributed by atoms with Gasteiger partial charge in [0.25, 0.3) is 0 Å². The van der Waals surface area contributed by atoms with Gasteiger partial charge in [-0.2, -0.15) is 0 Å². The number of likely N-dealkylation sites (N-methyl/N-ethyl adjacent to an activating group) is 1. The van der Waals surface area contributed by atoms with Crippen molar-refractivity contribution in [3.05, 3.63) is 35.5 Å². The second-order valence-corrected chi connectivity index (χ2v) is 5.87. The maximum Gasteiger partial charge on any atom is 0.0481 e. The SMILES string of the molecule is Cc1ccc2c(c1)c(CN1CCN(C)CC1)cn2C. The van der Waals surface area contributed by atoms with Gasteiger partial charge in [-0.3, -0.25) is 4.90 Å². The lowest BCUT2D eigenvalue weighted by atomic mass is 10.1. The minimum Gasteiger partial charge on any atom is -0.350 e. The van der Waals surface area contributed by atoms with Crippen molar-refractivity contribution in [3.63, 3.8) is 0 Å². The van der Waals surface area contributed by atoms with Gasteiger partial charge in [0.1, 0.15) is 0 Å². The summed E-state index contributed by atoms with van der Waals surface area (Å²) in [5.41, 5.74) is 4.15. The van der Waals surface area contributed by atoms with Gasteiger partial charge < -0.3 is 9.47 Å². The number of piperazine rings is 1. The largest absolute Gasteiger partial charge is 0.350 e. The van der Waals surface area contributed by atoms with Crippen LogP contribution < -0.4 is 0 Å². The molecule has 1 aliphatic rings. The summed E-state index contributed by atoms with van der Waals surface area (Å²) in [6.45, 7) is 7.98. The van der Waals surface area contributed by atoms with Gasteiger partial charge >= 0.3 is 0 Å². The van der Waals surface area contributed by atoms with Crippen LogP contribution in [0.1, 0.15) is 11.1 Å². The van der Waals surface area contributed by atoms with E-state index in [4.69, 9.17) is 0 Å². The van der Waals surface area contributed by atoms with Crippen molar-refractivity contribution in [1.82, 2.24) is 14.4 Å². The number of rotatable bonds is 2. The van der Waals surface area contributed by atoms with Gasteiger partial charge in [0.15, 0.2) is 0 Å². The molecule has 0 saturated carbocycles. The van der Waals surface area contributed by atoms with E-state index in [0.29, 0.717) is 0 Å². The van der Waals surface area contributed by atoms with Crippen LogP contribution in [0.15, 0.2) is 24.4 Å². The highest BCUT2D eigenvalue weighted by Gasteiger charge is 2.16. The number of hydrogen-bond donors (Lipinski definition) is 0. The second kappa shape index (κ2) is 4.99. The van der Waals surface area contributed by atoms with E-state index in [2.05, 4.69) is 59.8 Å². The lowest BCUT2D eigenvalue weighted by Crippen LogP contribution is -2.43. The minimum atomic E-state index is 1.08.